The predicted molar refractivity (Wildman–Crippen MR) is 124 cm³/mol. The minimum Gasteiger partial charge on any atom is -0.386 e. The van der Waals surface area contributed by atoms with Crippen molar-refractivity contribution >= 4 is 23.2 Å². The van der Waals surface area contributed by atoms with Crippen LogP contribution in [0.5, 0.6) is 0 Å². The minimum absolute atomic E-state index is 0.132. The molecule has 1 N–H and O–H groups in total. The molecule has 0 spiro atoms. The molecule has 0 amide bonds. The van der Waals surface area contributed by atoms with Gasteiger partial charge in [-0.2, -0.15) is 5.26 Å². The van der Waals surface area contributed by atoms with Gasteiger partial charge in [0.25, 0.3) is 5.92 Å². The number of halogens is 4. The van der Waals surface area contributed by atoms with Crippen molar-refractivity contribution in [2.45, 2.75) is 30.9 Å². The third kappa shape index (κ3) is 5.34. The average molecular weight is 488 g/mol. The Labute approximate surface area is 201 Å². The number of nitrogens with zero attached hydrogens (tertiary/aromatic N) is 3. The van der Waals surface area contributed by atoms with E-state index in [4.69, 9.17) is 28.5 Å². The molecule has 0 unspecified atom stereocenters. The lowest BCUT2D eigenvalue weighted by Gasteiger charge is -2.40. The van der Waals surface area contributed by atoms with Crippen LogP contribution < -0.4 is 0 Å². The number of alkyl halides is 2. The number of pyridine rings is 1. The van der Waals surface area contributed by atoms with Crippen molar-refractivity contribution in [1.82, 2.24) is 9.88 Å². The molecule has 0 saturated carbocycles. The monoisotopic (exact) mass is 487 g/mol. The summed E-state index contributed by atoms with van der Waals surface area (Å²) in [7, 11) is 0. The van der Waals surface area contributed by atoms with E-state index >= 15 is 0 Å². The number of hydrogen-bond acceptors (Lipinski definition) is 4. The summed E-state index contributed by atoms with van der Waals surface area (Å²) in [5.41, 5.74) is 2.89. The molecule has 8 heteroatoms. The van der Waals surface area contributed by atoms with Crippen molar-refractivity contribution in [1.29, 1.82) is 5.26 Å². The fourth-order valence-corrected chi connectivity index (χ4v) is 4.76. The summed E-state index contributed by atoms with van der Waals surface area (Å²) >= 11 is 12.4. The minimum atomic E-state index is -2.71. The van der Waals surface area contributed by atoms with Gasteiger partial charge in [-0.15, -0.1) is 0 Å². The van der Waals surface area contributed by atoms with Gasteiger partial charge in [0.2, 0.25) is 0 Å². The Morgan fingerprint density at radius 1 is 1.03 bits per heavy atom. The van der Waals surface area contributed by atoms with Crippen molar-refractivity contribution in [3.63, 3.8) is 0 Å². The molecule has 2 aromatic carbocycles. The van der Waals surface area contributed by atoms with Crippen molar-refractivity contribution in [3.05, 3.63) is 87.5 Å². The van der Waals surface area contributed by atoms with Crippen molar-refractivity contribution in [2.75, 3.05) is 13.1 Å². The maximum Gasteiger partial charge on any atom is 0.250 e. The summed E-state index contributed by atoms with van der Waals surface area (Å²) in [5, 5.41) is 21.6. The zero-order valence-corrected chi connectivity index (χ0v) is 19.1. The molecule has 4 nitrogen and oxygen atoms in total. The maximum absolute atomic E-state index is 13.9. The van der Waals surface area contributed by atoms with Crippen LogP contribution in [0.15, 0.2) is 60.8 Å². The molecular weight excluding hydrogens is 467 g/mol. The number of piperidine rings is 1. The van der Waals surface area contributed by atoms with Crippen LogP contribution >= 0.6 is 23.2 Å². The van der Waals surface area contributed by atoms with E-state index in [9.17, 15) is 13.9 Å². The average Bonchev–Trinajstić information content (AvgIpc) is 2.80. The lowest BCUT2D eigenvalue weighted by molar-refractivity contribution is -0.0766. The van der Waals surface area contributed by atoms with Crippen LogP contribution in [-0.2, 0) is 0 Å². The third-order valence-electron chi connectivity index (χ3n) is 5.90. The molecule has 2 heterocycles. The number of aromatic nitrogens is 1. The highest BCUT2D eigenvalue weighted by Gasteiger charge is 2.39. The van der Waals surface area contributed by atoms with Gasteiger partial charge in [-0.05, 0) is 42.0 Å². The highest BCUT2D eigenvalue weighted by atomic mass is 35.5. The largest absolute Gasteiger partial charge is 0.386 e. The van der Waals surface area contributed by atoms with E-state index in [1.54, 1.807) is 60.8 Å². The van der Waals surface area contributed by atoms with Gasteiger partial charge in [-0.25, -0.2) is 8.78 Å². The predicted octanol–water partition coefficient (Wildman–Crippen LogP) is 6.43. The van der Waals surface area contributed by atoms with Crippen LogP contribution in [0, 0.1) is 11.3 Å². The highest BCUT2D eigenvalue weighted by molar-refractivity contribution is 6.35. The number of aliphatic hydroxyl groups excluding tert-OH is 1. The van der Waals surface area contributed by atoms with Crippen LogP contribution in [0.1, 0.15) is 41.7 Å². The van der Waals surface area contributed by atoms with E-state index < -0.39 is 18.1 Å². The quantitative estimate of drug-likeness (QED) is 0.450. The first-order chi connectivity index (χ1) is 15.8. The zero-order chi connectivity index (χ0) is 23.6. The molecule has 0 radical (unpaired) electrons. The first-order valence-corrected chi connectivity index (χ1v) is 11.2. The fourth-order valence-electron chi connectivity index (χ4n) is 4.24. The second-order valence-electron chi connectivity index (χ2n) is 8.11. The molecule has 4 rings (SSSR count). The summed E-state index contributed by atoms with van der Waals surface area (Å²) in [5.74, 6) is -2.71. The molecule has 0 aliphatic carbocycles. The van der Waals surface area contributed by atoms with E-state index in [0.717, 1.165) is 5.56 Å². The van der Waals surface area contributed by atoms with Crippen LogP contribution in [0.4, 0.5) is 8.78 Å². The topological polar surface area (TPSA) is 60.1 Å². The van der Waals surface area contributed by atoms with Crippen molar-refractivity contribution < 1.29 is 13.9 Å². The maximum atomic E-state index is 13.9. The normalized spacial score (nSPS) is 17.8. The number of aliphatic hydroxyl groups is 1. The van der Waals surface area contributed by atoms with Gasteiger partial charge in [0.05, 0.1) is 23.4 Å². The van der Waals surface area contributed by atoms with Gasteiger partial charge in [0.15, 0.2) is 0 Å². The highest BCUT2D eigenvalue weighted by Crippen LogP contribution is 2.41. The third-order valence-corrected chi connectivity index (χ3v) is 6.33. The lowest BCUT2D eigenvalue weighted by atomic mass is 9.90. The number of rotatable bonds is 5. The molecule has 3 aromatic rings. The van der Waals surface area contributed by atoms with E-state index in [1.807, 2.05) is 4.90 Å². The number of benzene rings is 2. The van der Waals surface area contributed by atoms with E-state index in [-0.39, 0.29) is 25.9 Å². The van der Waals surface area contributed by atoms with E-state index in [2.05, 4.69) is 11.1 Å². The second kappa shape index (κ2) is 9.74. The number of likely N-dealkylation sites (tertiary alicyclic amines) is 1. The van der Waals surface area contributed by atoms with Gasteiger partial charge in [0.1, 0.15) is 6.10 Å². The van der Waals surface area contributed by atoms with Gasteiger partial charge in [0, 0.05) is 53.3 Å². The molecule has 1 aromatic heterocycles. The van der Waals surface area contributed by atoms with Gasteiger partial charge in [-0.3, -0.25) is 9.88 Å². The Hall–Kier alpha value is -2.56. The molecule has 1 saturated heterocycles. The van der Waals surface area contributed by atoms with Gasteiger partial charge in [-0.1, -0.05) is 41.4 Å². The lowest BCUT2D eigenvalue weighted by Crippen LogP contribution is -2.43. The van der Waals surface area contributed by atoms with Crippen LogP contribution in [0.2, 0.25) is 10.0 Å². The Morgan fingerprint density at radius 2 is 1.67 bits per heavy atom. The Bertz CT molecular complexity index is 1150. The first kappa shape index (κ1) is 23.6. The fraction of sp³-hybridized carbons (Fsp3) is 0.280. The first-order valence-electron chi connectivity index (χ1n) is 10.5. The molecular formula is C25H21Cl2F2N3O. The summed E-state index contributed by atoms with van der Waals surface area (Å²) < 4.78 is 27.7. The number of hydrogen-bond donors (Lipinski definition) is 1. The van der Waals surface area contributed by atoms with Gasteiger partial charge < -0.3 is 5.11 Å². The van der Waals surface area contributed by atoms with Crippen molar-refractivity contribution in [3.8, 4) is 17.3 Å². The second-order valence-corrected chi connectivity index (χ2v) is 8.99. The number of nitriles is 1. The van der Waals surface area contributed by atoms with Crippen LogP contribution in [-0.4, -0.2) is 34.0 Å². The zero-order valence-electron chi connectivity index (χ0n) is 17.6. The Kier molecular flexibility index (Phi) is 6.96. The summed E-state index contributed by atoms with van der Waals surface area (Å²) in [4.78, 5) is 6.33. The van der Waals surface area contributed by atoms with Gasteiger partial charge >= 0.3 is 0 Å². The van der Waals surface area contributed by atoms with E-state index in [1.165, 1.54) is 0 Å². The Morgan fingerprint density at radius 3 is 2.27 bits per heavy atom. The molecule has 1 aliphatic rings. The van der Waals surface area contributed by atoms with Crippen LogP contribution in [0.3, 0.4) is 0 Å². The van der Waals surface area contributed by atoms with E-state index in [0.29, 0.717) is 32.4 Å². The summed E-state index contributed by atoms with van der Waals surface area (Å²) in [6.45, 7) is 0.265. The smallest absolute Gasteiger partial charge is 0.250 e. The standard InChI is InChI=1S/C25H21Cl2F2N3O/c26-19-12-18(13-20(27)14-19)22-21(2-1-9-31-22)24(33)23(17-5-3-16(15-30)4-6-17)32-10-7-25(28,29)8-11-32/h1-6,9,12-14,23-24,33H,7-8,10-11H2/t23-,24+/m0/s1. The molecule has 33 heavy (non-hydrogen) atoms. The van der Waals surface area contributed by atoms with Crippen LogP contribution in [0.25, 0.3) is 11.3 Å². The summed E-state index contributed by atoms with van der Waals surface area (Å²) in [6, 6.07) is 16.8. The molecule has 2 atom stereocenters. The molecule has 1 fully saturated rings. The molecule has 1 aliphatic heterocycles. The summed E-state index contributed by atoms with van der Waals surface area (Å²) in [6.07, 6.45) is -0.0309. The molecule has 170 valence electrons. The molecule has 0 bridgehead atoms. The SMILES string of the molecule is N#Cc1ccc([C@@H]([C@H](O)c2cccnc2-c2cc(Cl)cc(Cl)c2)N2CCC(F)(F)CC2)cc1. The van der Waals surface area contributed by atoms with Crippen molar-refractivity contribution in [2.24, 2.45) is 0 Å². The Balaban J connectivity index is 1.77.